The van der Waals surface area contributed by atoms with E-state index in [9.17, 15) is 14.4 Å². The molecule has 170 valence electrons. The average Bonchev–Trinajstić information content (AvgIpc) is 3.24. The highest BCUT2D eigenvalue weighted by Crippen LogP contribution is 2.33. The predicted octanol–water partition coefficient (Wildman–Crippen LogP) is 2.43. The number of amides is 4. The van der Waals surface area contributed by atoms with Crippen LogP contribution in [0.25, 0.3) is 0 Å². The summed E-state index contributed by atoms with van der Waals surface area (Å²) >= 11 is 7.01. The van der Waals surface area contributed by atoms with Crippen LogP contribution in [-0.2, 0) is 23.2 Å². The van der Waals surface area contributed by atoms with Crippen LogP contribution in [0.3, 0.4) is 0 Å². The summed E-state index contributed by atoms with van der Waals surface area (Å²) in [6.45, 7) is 0.197. The highest BCUT2D eigenvalue weighted by molar-refractivity contribution is 7.99. The van der Waals surface area contributed by atoms with Crippen LogP contribution in [0.4, 0.5) is 4.79 Å². The third-order valence-corrected chi connectivity index (χ3v) is 6.82. The summed E-state index contributed by atoms with van der Waals surface area (Å²) in [5.74, 6) is 0.328. The van der Waals surface area contributed by atoms with Crippen LogP contribution in [0.15, 0.2) is 29.4 Å². The molecule has 0 radical (unpaired) electrons. The largest absolute Gasteiger partial charge is 0.486 e. The minimum Gasteiger partial charge on any atom is -0.486 e. The van der Waals surface area contributed by atoms with E-state index < -0.39 is 17.5 Å². The lowest BCUT2D eigenvalue weighted by molar-refractivity contribution is -0.139. The number of hydrazine groups is 1. The van der Waals surface area contributed by atoms with Gasteiger partial charge in [0.2, 0.25) is 5.91 Å². The summed E-state index contributed by atoms with van der Waals surface area (Å²) in [5, 5.41) is 12.9. The van der Waals surface area contributed by atoms with Crippen molar-refractivity contribution in [3.05, 3.63) is 35.1 Å². The lowest BCUT2D eigenvalue weighted by Crippen LogP contribution is -2.51. The molecule has 2 aromatic rings. The predicted molar refractivity (Wildman–Crippen MR) is 117 cm³/mol. The summed E-state index contributed by atoms with van der Waals surface area (Å²) in [4.78, 5) is 37.4. The Kier molecular flexibility index (Phi) is 6.56. The Hall–Kier alpha value is -2.79. The molecule has 2 heterocycles. The van der Waals surface area contributed by atoms with Gasteiger partial charge in [-0.25, -0.2) is 4.79 Å². The van der Waals surface area contributed by atoms with E-state index in [0.29, 0.717) is 34.6 Å². The maximum atomic E-state index is 12.7. The molecular weight excluding hydrogens is 456 g/mol. The molecule has 1 saturated carbocycles. The molecule has 4 rings (SSSR count). The molecule has 10 nitrogen and oxygen atoms in total. The van der Waals surface area contributed by atoms with Crippen molar-refractivity contribution in [2.75, 3.05) is 5.75 Å². The Labute approximate surface area is 194 Å². The SMILES string of the molecule is Cn1c(COc2ccc(Cl)cc2)nnc1SCC(=O)NN1C(=O)NC2(CCCCC2)C1=O. The summed E-state index contributed by atoms with van der Waals surface area (Å²) in [6, 6.07) is 6.39. The number of imide groups is 1. The highest BCUT2D eigenvalue weighted by Gasteiger charge is 2.52. The molecule has 12 heteroatoms. The molecule has 4 amide bonds. The van der Waals surface area contributed by atoms with Gasteiger partial charge in [0, 0.05) is 12.1 Å². The van der Waals surface area contributed by atoms with Gasteiger partial charge < -0.3 is 14.6 Å². The average molecular weight is 479 g/mol. The molecule has 32 heavy (non-hydrogen) atoms. The fraction of sp³-hybridized carbons (Fsp3) is 0.450. The Morgan fingerprint density at radius 3 is 2.66 bits per heavy atom. The number of rotatable bonds is 7. The molecule has 0 bridgehead atoms. The van der Waals surface area contributed by atoms with Crippen molar-refractivity contribution in [1.29, 1.82) is 0 Å². The molecule has 2 N–H and O–H groups in total. The Morgan fingerprint density at radius 1 is 1.22 bits per heavy atom. The molecule has 1 saturated heterocycles. The van der Waals surface area contributed by atoms with Gasteiger partial charge in [0.25, 0.3) is 5.91 Å². The van der Waals surface area contributed by atoms with Crippen molar-refractivity contribution in [3.8, 4) is 5.75 Å². The number of hydrogen-bond acceptors (Lipinski definition) is 7. The van der Waals surface area contributed by atoms with E-state index in [1.807, 2.05) is 0 Å². The fourth-order valence-electron chi connectivity index (χ4n) is 3.78. The van der Waals surface area contributed by atoms with Crippen LogP contribution < -0.4 is 15.5 Å². The molecule has 1 aromatic heterocycles. The monoisotopic (exact) mass is 478 g/mol. The molecule has 1 aliphatic carbocycles. The van der Waals surface area contributed by atoms with E-state index in [4.69, 9.17) is 16.3 Å². The first-order chi connectivity index (χ1) is 15.4. The van der Waals surface area contributed by atoms with Crippen molar-refractivity contribution >= 4 is 41.2 Å². The van der Waals surface area contributed by atoms with Gasteiger partial charge in [-0.15, -0.1) is 10.2 Å². The van der Waals surface area contributed by atoms with Crippen LogP contribution in [0.1, 0.15) is 37.9 Å². The number of urea groups is 1. The maximum Gasteiger partial charge on any atom is 0.344 e. The van der Waals surface area contributed by atoms with Gasteiger partial charge >= 0.3 is 6.03 Å². The zero-order chi connectivity index (χ0) is 22.7. The molecular formula is C20H23ClN6O4S. The zero-order valence-electron chi connectivity index (χ0n) is 17.5. The van der Waals surface area contributed by atoms with Crippen molar-refractivity contribution < 1.29 is 19.1 Å². The summed E-state index contributed by atoms with van der Waals surface area (Å²) in [6.07, 6.45) is 3.98. The third-order valence-electron chi connectivity index (χ3n) is 5.54. The van der Waals surface area contributed by atoms with Crippen LogP contribution in [-0.4, -0.2) is 48.9 Å². The van der Waals surface area contributed by atoms with Gasteiger partial charge in [-0.1, -0.05) is 42.6 Å². The van der Waals surface area contributed by atoms with E-state index in [0.717, 1.165) is 36.0 Å². The van der Waals surface area contributed by atoms with Gasteiger partial charge in [0.1, 0.15) is 17.9 Å². The number of ether oxygens (including phenoxy) is 1. The van der Waals surface area contributed by atoms with Gasteiger partial charge in [0.05, 0.1) is 5.75 Å². The Bertz CT molecular complexity index is 1020. The smallest absolute Gasteiger partial charge is 0.344 e. The first-order valence-electron chi connectivity index (χ1n) is 10.2. The van der Waals surface area contributed by atoms with Gasteiger partial charge in [0.15, 0.2) is 11.0 Å². The highest BCUT2D eigenvalue weighted by atomic mass is 35.5. The second-order valence-electron chi connectivity index (χ2n) is 7.74. The van der Waals surface area contributed by atoms with Crippen LogP contribution in [0.2, 0.25) is 5.02 Å². The lowest BCUT2D eigenvalue weighted by Gasteiger charge is -2.30. The second kappa shape index (κ2) is 9.37. The maximum absolute atomic E-state index is 12.7. The van der Waals surface area contributed by atoms with E-state index in [-0.39, 0.29) is 18.3 Å². The molecule has 0 atom stereocenters. The normalized spacial score (nSPS) is 17.5. The Morgan fingerprint density at radius 2 is 1.94 bits per heavy atom. The summed E-state index contributed by atoms with van der Waals surface area (Å²) < 4.78 is 7.40. The van der Waals surface area contributed by atoms with E-state index in [1.165, 1.54) is 0 Å². The van der Waals surface area contributed by atoms with Crippen molar-refractivity contribution in [2.24, 2.45) is 7.05 Å². The van der Waals surface area contributed by atoms with E-state index >= 15 is 0 Å². The number of benzene rings is 1. The van der Waals surface area contributed by atoms with Crippen LogP contribution >= 0.6 is 23.4 Å². The summed E-state index contributed by atoms with van der Waals surface area (Å²) in [7, 11) is 1.77. The quantitative estimate of drug-likeness (QED) is 0.463. The summed E-state index contributed by atoms with van der Waals surface area (Å²) in [5.41, 5.74) is 1.54. The Balaban J connectivity index is 1.29. The van der Waals surface area contributed by atoms with E-state index in [2.05, 4.69) is 20.9 Å². The van der Waals surface area contributed by atoms with Gasteiger partial charge in [-0.05, 0) is 37.1 Å². The minimum absolute atomic E-state index is 0.0337. The zero-order valence-corrected chi connectivity index (χ0v) is 19.0. The van der Waals surface area contributed by atoms with Crippen molar-refractivity contribution in [1.82, 2.24) is 30.5 Å². The topological polar surface area (TPSA) is 118 Å². The fourth-order valence-corrected chi connectivity index (χ4v) is 4.63. The molecule has 2 fully saturated rings. The number of hydrogen-bond donors (Lipinski definition) is 2. The lowest BCUT2D eigenvalue weighted by atomic mass is 9.82. The molecule has 2 aliphatic rings. The number of halogens is 1. The first-order valence-corrected chi connectivity index (χ1v) is 11.6. The number of nitrogens with zero attached hydrogens (tertiary/aromatic N) is 4. The van der Waals surface area contributed by atoms with E-state index in [1.54, 1.807) is 35.9 Å². The molecule has 1 aromatic carbocycles. The first kappa shape index (κ1) is 22.4. The van der Waals surface area contributed by atoms with Crippen LogP contribution in [0, 0.1) is 0 Å². The molecule has 1 aliphatic heterocycles. The van der Waals surface area contributed by atoms with Gasteiger partial charge in [-0.3, -0.25) is 15.0 Å². The van der Waals surface area contributed by atoms with Crippen molar-refractivity contribution in [3.63, 3.8) is 0 Å². The second-order valence-corrected chi connectivity index (χ2v) is 9.12. The molecule has 0 unspecified atom stereocenters. The number of thioether (sulfide) groups is 1. The number of carbonyl (C=O) groups is 3. The number of carbonyl (C=O) groups excluding carboxylic acids is 3. The standard InChI is InChI=1S/C20H23ClN6O4S/c1-26-15(11-31-14-7-5-13(21)6-8-14)23-24-19(26)32-12-16(28)25-27-17(29)20(22-18(27)30)9-3-2-4-10-20/h5-8H,2-4,9-12H2,1H3,(H,22,30)(H,25,28). The third kappa shape index (κ3) is 4.68. The number of nitrogens with one attached hydrogen (secondary N) is 2. The number of aromatic nitrogens is 3. The minimum atomic E-state index is -0.877. The van der Waals surface area contributed by atoms with Gasteiger partial charge in [-0.2, -0.15) is 5.01 Å². The molecule has 1 spiro atoms. The van der Waals surface area contributed by atoms with Crippen LogP contribution in [0.5, 0.6) is 5.75 Å². The van der Waals surface area contributed by atoms with Crippen molar-refractivity contribution in [2.45, 2.75) is 49.4 Å².